The second-order valence-corrected chi connectivity index (χ2v) is 6.72. The lowest BCUT2D eigenvalue weighted by atomic mass is 10.2. The zero-order valence-corrected chi connectivity index (χ0v) is 13.2. The SMILES string of the molecule is CC1CNCCN1S(=O)(=O)c1ccc(C#N)c(Cl)c1.Cl. The average molecular weight is 336 g/mol. The highest BCUT2D eigenvalue weighted by Crippen LogP contribution is 2.24. The van der Waals surface area contributed by atoms with Crippen molar-refractivity contribution in [1.82, 2.24) is 9.62 Å². The highest BCUT2D eigenvalue weighted by molar-refractivity contribution is 7.89. The average Bonchev–Trinajstić information content (AvgIpc) is 2.39. The molecule has 1 N–H and O–H groups in total. The second kappa shape index (κ2) is 6.74. The quantitative estimate of drug-likeness (QED) is 0.891. The molecule has 0 aromatic heterocycles. The summed E-state index contributed by atoms with van der Waals surface area (Å²) < 4.78 is 26.5. The number of halogens is 2. The van der Waals surface area contributed by atoms with E-state index in [9.17, 15) is 8.42 Å². The van der Waals surface area contributed by atoms with Gasteiger partial charge >= 0.3 is 0 Å². The van der Waals surface area contributed by atoms with Crippen molar-refractivity contribution in [3.8, 4) is 6.07 Å². The summed E-state index contributed by atoms with van der Waals surface area (Å²) >= 11 is 5.89. The van der Waals surface area contributed by atoms with Crippen molar-refractivity contribution in [1.29, 1.82) is 5.26 Å². The Bertz CT molecular complexity index is 628. The molecule has 110 valence electrons. The zero-order valence-electron chi connectivity index (χ0n) is 10.8. The summed E-state index contributed by atoms with van der Waals surface area (Å²) in [5, 5.41) is 12.1. The first-order valence-corrected chi connectivity index (χ1v) is 7.71. The van der Waals surface area contributed by atoms with E-state index in [2.05, 4.69) is 5.32 Å². The minimum atomic E-state index is -3.56. The van der Waals surface area contributed by atoms with Crippen LogP contribution in [0.25, 0.3) is 0 Å². The molecular formula is C12H15Cl2N3O2S. The molecule has 1 aliphatic rings. The van der Waals surface area contributed by atoms with Crippen LogP contribution >= 0.6 is 24.0 Å². The van der Waals surface area contributed by atoms with Gasteiger partial charge in [0, 0.05) is 25.7 Å². The molecule has 20 heavy (non-hydrogen) atoms. The molecule has 0 spiro atoms. The maximum absolute atomic E-state index is 12.5. The minimum Gasteiger partial charge on any atom is -0.314 e. The number of benzene rings is 1. The molecule has 1 heterocycles. The van der Waals surface area contributed by atoms with E-state index in [1.807, 2.05) is 13.0 Å². The van der Waals surface area contributed by atoms with Crippen LogP contribution in [0.15, 0.2) is 23.1 Å². The van der Waals surface area contributed by atoms with E-state index in [-0.39, 0.29) is 33.9 Å². The fourth-order valence-corrected chi connectivity index (χ4v) is 4.01. The number of rotatable bonds is 2. The lowest BCUT2D eigenvalue weighted by molar-refractivity contribution is 0.284. The number of nitriles is 1. The van der Waals surface area contributed by atoms with Gasteiger partial charge < -0.3 is 5.32 Å². The summed E-state index contributed by atoms with van der Waals surface area (Å²) in [7, 11) is -3.56. The summed E-state index contributed by atoms with van der Waals surface area (Å²) in [6.45, 7) is 3.55. The fraction of sp³-hybridized carbons (Fsp3) is 0.417. The molecule has 1 aromatic rings. The van der Waals surface area contributed by atoms with Crippen LogP contribution in [0.1, 0.15) is 12.5 Å². The molecule has 0 saturated carbocycles. The minimum absolute atomic E-state index is 0. The van der Waals surface area contributed by atoms with Gasteiger partial charge in [-0.2, -0.15) is 9.57 Å². The molecule has 1 fully saturated rings. The molecule has 2 rings (SSSR count). The Balaban J connectivity index is 0.00000200. The number of hydrogen-bond acceptors (Lipinski definition) is 4. The maximum atomic E-state index is 12.5. The van der Waals surface area contributed by atoms with Gasteiger partial charge in [-0.3, -0.25) is 0 Å². The third kappa shape index (κ3) is 3.25. The number of nitrogens with one attached hydrogen (secondary N) is 1. The summed E-state index contributed by atoms with van der Waals surface area (Å²) in [6.07, 6.45) is 0. The van der Waals surface area contributed by atoms with Crippen LogP contribution in [0.5, 0.6) is 0 Å². The number of nitrogens with zero attached hydrogens (tertiary/aromatic N) is 2. The van der Waals surface area contributed by atoms with Crippen LogP contribution in [0.4, 0.5) is 0 Å². The molecule has 0 aliphatic carbocycles. The first-order valence-electron chi connectivity index (χ1n) is 5.89. The highest BCUT2D eigenvalue weighted by Gasteiger charge is 2.31. The van der Waals surface area contributed by atoms with Crippen LogP contribution in [-0.4, -0.2) is 38.4 Å². The molecule has 1 unspecified atom stereocenters. The highest BCUT2D eigenvalue weighted by atomic mass is 35.5. The maximum Gasteiger partial charge on any atom is 0.243 e. The van der Waals surface area contributed by atoms with E-state index in [1.54, 1.807) is 0 Å². The Kier molecular flexibility index (Phi) is 5.80. The van der Waals surface area contributed by atoms with Gasteiger partial charge in [0.15, 0.2) is 0 Å². The standard InChI is InChI=1S/C12H14ClN3O2S.ClH/c1-9-8-15-4-5-16(9)19(17,18)11-3-2-10(7-14)12(13)6-11;/h2-3,6,9,15H,4-5,8H2,1H3;1H. The van der Waals surface area contributed by atoms with E-state index in [1.165, 1.54) is 22.5 Å². The van der Waals surface area contributed by atoms with E-state index < -0.39 is 10.0 Å². The summed E-state index contributed by atoms with van der Waals surface area (Å²) in [5.41, 5.74) is 0.272. The van der Waals surface area contributed by atoms with Gasteiger partial charge in [0.05, 0.1) is 15.5 Å². The van der Waals surface area contributed by atoms with Gasteiger partial charge in [-0.05, 0) is 25.1 Å². The third-order valence-corrected chi connectivity index (χ3v) is 5.43. The Labute approximate surface area is 130 Å². The normalized spacial score (nSPS) is 19.9. The van der Waals surface area contributed by atoms with Crippen LogP contribution in [-0.2, 0) is 10.0 Å². The van der Waals surface area contributed by atoms with Crippen molar-refractivity contribution in [3.63, 3.8) is 0 Å². The van der Waals surface area contributed by atoms with Crippen molar-refractivity contribution >= 4 is 34.0 Å². The molecule has 0 amide bonds. The monoisotopic (exact) mass is 335 g/mol. The van der Waals surface area contributed by atoms with Crippen LogP contribution in [0.2, 0.25) is 5.02 Å². The molecular weight excluding hydrogens is 321 g/mol. The second-order valence-electron chi connectivity index (χ2n) is 4.42. The lowest BCUT2D eigenvalue weighted by Gasteiger charge is -2.32. The van der Waals surface area contributed by atoms with Crippen molar-refractivity contribution < 1.29 is 8.42 Å². The number of piperazine rings is 1. The van der Waals surface area contributed by atoms with Crippen LogP contribution < -0.4 is 5.32 Å². The topological polar surface area (TPSA) is 73.2 Å². The van der Waals surface area contributed by atoms with Crippen molar-refractivity contribution in [2.75, 3.05) is 19.6 Å². The predicted octanol–water partition coefficient (Wildman–Crippen LogP) is 1.62. The first kappa shape index (κ1) is 17.2. The van der Waals surface area contributed by atoms with Gasteiger partial charge in [0.1, 0.15) is 6.07 Å². The van der Waals surface area contributed by atoms with Crippen LogP contribution in [0, 0.1) is 11.3 Å². The summed E-state index contributed by atoms with van der Waals surface area (Å²) in [4.78, 5) is 0.130. The molecule has 8 heteroatoms. The van der Waals surface area contributed by atoms with E-state index in [0.29, 0.717) is 19.6 Å². The van der Waals surface area contributed by atoms with Gasteiger partial charge in [0.2, 0.25) is 10.0 Å². The Hall–Kier alpha value is -0.840. The molecule has 0 bridgehead atoms. The third-order valence-electron chi connectivity index (χ3n) is 3.11. The van der Waals surface area contributed by atoms with Gasteiger partial charge in [0.25, 0.3) is 0 Å². The molecule has 5 nitrogen and oxygen atoms in total. The summed E-state index contributed by atoms with van der Waals surface area (Å²) in [5.74, 6) is 0. The largest absolute Gasteiger partial charge is 0.314 e. The van der Waals surface area contributed by atoms with Crippen LogP contribution in [0.3, 0.4) is 0 Å². The summed E-state index contributed by atoms with van der Waals surface area (Å²) in [6, 6.07) is 6.00. The van der Waals surface area contributed by atoms with E-state index in [0.717, 1.165) is 0 Å². The Morgan fingerprint density at radius 1 is 1.50 bits per heavy atom. The smallest absolute Gasteiger partial charge is 0.243 e. The molecule has 0 radical (unpaired) electrons. The van der Waals surface area contributed by atoms with E-state index >= 15 is 0 Å². The predicted molar refractivity (Wildman–Crippen MR) is 79.6 cm³/mol. The van der Waals surface area contributed by atoms with Gasteiger partial charge in [-0.1, -0.05) is 11.6 Å². The molecule has 1 aliphatic heterocycles. The van der Waals surface area contributed by atoms with E-state index in [4.69, 9.17) is 16.9 Å². The molecule has 1 aromatic carbocycles. The van der Waals surface area contributed by atoms with Crippen molar-refractivity contribution in [2.24, 2.45) is 0 Å². The molecule has 1 atom stereocenters. The van der Waals surface area contributed by atoms with Gasteiger partial charge in [-0.25, -0.2) is 8.42 Å². The first-order chi connectivity index (χ1) is 8.96. The Morgan fingerprint density at radius 3 is 2.75 bits per heavy atom. The Morgan fingerprint density at radius 2 is 2.20 bits per heavy atom. The number of hydrogen-bond donors (Lipinski definition) is 1. The van der Waals surface area contributed by atoms with Crippen molar-refractivity contribution in [3.05, 3.63) is 28.8 Å². The van der Waals surface area contributed by atoms with Crippen molar-refractivity contribution in [2.45, 2.75) is 17.9 Å². The molecule has 1 saturated heterocycles. The zero-order chi connectivity index (χ0) is 14.0. The fourth-order valence-electron chi connectivity index (χ4n) is 2.06. The van der Waals surface area contributed by atoms with Gasteiger partial charge in [-0.15, -0.1) is 12.4 Å². The lowest BCUT2D eigenvalue weighted by Crippen LogP contribution is -2.52. The number of sulfonamides is 1.